The Kier molecular flexibility index (Phi) is 5.61. The number of carboxylic acid groups (broad SMARTS) is 1. The lowest BCUT2D eigenvalue weighted by atomic mass is 9.97. The number of carboxylic acids is 1. The van der Waals surface area contributed by atoms with E-state index in [1.165, 1.54) is 23.3 Å². The number of carbonyl (C=O) groups excluding carboxylic acids is 1. The molecule has 1 aliphatic heterocycles. The molecule has 6 heteroatoms. The van der Waals surface area contributed by atoms with Crippen LogP contribution in [0.5, 0.6) is 0 Å². The number of carbonyl (C=O) groups is 2. The van der Waals surface area contributed by atoms with Crippen molar-refractivity contribution >= 4 is 12.0 Å². The van der Waals surface area contributed by atoms with Gasteiger partial charge in [0, 0.05) is 26.6 Å². The third kappa shape index (κ3) is 4.20. The van der Waals surface area contributed by atoms with Gasteiger partial charge in [0.1, 0.15) is 6.04 Å². The van der Waals surface area contributed by atoms with Gasteiger partial charge in [-0.15, -0.1) is 0 Å². The maximum absolute atomic E-state index is 12.1. The number of allylic oxidation sites excluding steroid dienone is 1. The van der Waals surface area contributed by atoms with Crippen LogP contribution in [0.4, 0.5) is 4.79 Å². The first-order chi connectivity index (χ1) is 10.1. The molecule has 0 aromatic rings. The summed E-state index contributed by atoms with van der Waals surface area (Å²) in [5.41, 5.74) is 1.40. The van der Waals surface area contributed by atoms with Crippen LogP contribution in [0.1, 0.15) is 38.5 Å². The number of methoxy groups -OCH3 is 1. The summed E-state index contributed by atoms with van der Waals surface area (Å²) >= 11 is 0. The number of urea groups is 1. The standard InChI is InChI=1S/C15H24N2O4/c1-21-12-9-13(14(18)19)17(10-12)15(20)16-8-7-11-5-3-2-4-6-11/h5,12-13H,2-4,6-10H2,1H3,(H,16,20)(H,18,19). The molecule has 2 unspecified atom stereocenters. The number of amides is 2. The lowest BCUT2D eigenvalue weighted by molar-refractivity contribution is -0.141. The van der Waals surface area contributed by atoms with E-state index in [1.807, 2.05) is 0 Å². The molecule has 1 aliphatic carbocycles. The lowest BCUT2D eigenvalue weighted by Gasteiger charge is -2.22. The molecule has 6 nitrogen and oxygen atoms in total. The van der Waals surface area contributed by atoms with Gasteiger partial charge in [-0.05, 0) is 32.1 Å². The van der Waals surface area contributed by atoms with Crippen molar-refractivity contribution in [3.05, 3.63) is 11.6 Å². The van der Waals surface area contributed by atoms with Crippen molar-refractivity contribution in [1.82, 2.24) is 10.2 Å². The number of hydrogen-bond acceptors (Lipinski definition) is 3. The average molecular weight is 296 g/mol. The fraction of sp³-hybridized carbons (Fsp3) is 0.733. The molecule has 0 bridgehead atoms. The molecular formula is C15H24N2O4. The molecule has 1 fully saturated rings. The molecule has 118 valence electrons. The molecule has 1 saturated heterocycles. The van der Waals surface area contributed by atoms with E-state index in [-0.39, 0.29) is 12.1 Å². The first kappa shape index (κ1) is 15.8. The molecule has 2 atom stereocenters. The van der Waals surface area contributed by atoms with E-state index < -0.39 is 12.0 Å². The molecule has 2 amide bonds. The summed E-state index contributed by atoms with van der Waals surface area (Å²) in [4.78, 5) is 24.7. The summed E-state index contributed by atoms with van der Waals surface area (Å²) in [7, 11) is 1.54. The van der Waals surface area contributed by atoms with E-state index in [1.54, 1.807) is 7.11 Å². The highest BCUT2D eigenvalue weighted by Crippen LogP contribution is 2.21. The number of hydrogen-bond donors (Lipinski definition) is 2. The van der Waals surface area contributed by atoms with Gasteiger partial charge in [0.05, 0.1) is 6.10 Å². The molecule has 1 heterocycles. The van der Waals surface area contributed by atoms with Gasteiger partial charge in [0.2, 0.25) is 0 Å². The number of nitrogens with one attached hydrogen (secondary N) is 1. The van der Waals surface area contributed by atoms with Crippen LogP contribution in [0.3, 0.4) is 0 Å². The van der Waals surface area contributed by atoms with Crippen molar-refractivity contribution in [3.63, 3.8) is 0 Å². The van der Waals surface area contributed by atoms with Gasteiger partial charge in [-0.3, -0.25) is 0 Å². The normalized spacial score (nSPS) is 25.6. The summed E-state index contributed by atoms with van der Waals surface area (Å²) in [6.45, 7) is 0.896. The second kappa shape index (κ2) is 7.45. The van der Waals surface area contributed by atoms with Crippen LogP contribution in [0.2, 0.25) is 0 Å². The summed E-state index contributed by atoms with van der Waals surface area (Å²) in [6, 6.07) is -1.10. The van der Waals surface area contributed by atoms with E-state index in [0.717, 1.165) is 19.3 Å². The van der Waals surface area contributed by atoms with E-state index >= 15 is 0 Å². The Morgan fingerprint density at radius 1 is 1.48 bits per heavy atom. The largest absolute Gasteiger partial charge is 0.480 e. The zero-order valence-electron chi connectivity index (χ0n) is 12.5. The minimum absolute atomic E-state index is 0.196. The summed E-state index contributed by atoms with van der Waals surface area (Å²) in [5.74, 6) is -0.973. The minimum atomic E-state index is -0.973. The van der Waals surface area contributed by atoms with Crippen molar-refractivity contribution in [3.8, 4) is 0 Å². The zero-order valence-corrected chi connectivity index (χ0v) is 12.5. The fourth-order valence-electron chi connectivity index (χ4n) is 2.99. The monoisotopic (exact) mass is 296 g/mol. The van der Waals surface area contributed by atoms with Crippen LogP contribution in [0.25, 0.3) is 0 Å². The van der Waals surface area contributed by atoms with Gasteiger partial charge in [-0.2, -0.15) is 0 Å². The van der Waals surface area contributed by atoms with Crippen LogP contribution >= 0.6 is 0 Å². The predicted octanol–water partition coefficient (Wildman–Crippen LogP) is 1.76. The number of rotatable bonds is 5. The molecule has 0 saturated carbocycles. The molecule has 2 N–H and O–H groups in total. The Balaban J connectivity index is 1.81. The van der Waals surface area contributed by atoms with Crippen molar-refractivity contribution in [2.45, 2.75) is 50.7 Å². The fourth-order valence-corrected chi connectivity index (χ4v) is 2.99. The Morgan fingerprint density at radius 2 is 2.29 bits per heavy atom. The maximum Gasteiger partial charge on any atom is 0.326 e. The zero-order chi connectivity index (χ0) is 15.2. The van der Waals surface area contributed by atoms with Gasteiger partial charge in [-0.25, -0.2) is 9.59 Å². The average Bonchev–Trinajstić information content (AvgIpc) is 2.93. The highest BCUT2D eigenvalue weighted by Gasteiger charge is 2.39. The third-order valence-corrected chi connectivity index (χ3v) is 4.25. The van der Waals surface area contributed by atoms with Crippen LogP contribution in [0.15, 0.2) is 11.6 Å². The summed E-state index contributed by atoms with van der Waals surface area (Å²) in [5, 5.41) is 12.0. The topological polar surface area (TPSA) is 78.9 Å². The SMILES string of the molecule is COC1CC(C(=O)O)N(C(=O)NCCC2=CCCCC2)C1. The number of ether oxygens (including phenoxy) is 1. The molecule has 2 rings (SSSR count). The second-order valence-corrected chi connectivity index (χ2v) is 5.69. The minimum Gasteiger partial charge on any atom is -0.480 e. The highest BCUT2D eigenvalue weighted by molar-refractivity contribution is 5.83. The van der Waals surface area contributed by atoms with E-state index in [2.05, 4.69) is 11.4 Å². The number of likely N-dealkylation sites (tertiary alicyclic amines) is 1. The molecular weight excluding hydrogens is 272 g/mol. The Bertz CT molecular complexity index is 422. The summed E-state index contributed by atoms with van der Waals surface area (Å²) in [6.07, 6.45) is 7.99. The van der Waals surface area contributed by atoms with Crippen LogP contribution < -0.4 is 5.32 Å². The van der Waals surface area contributed by atoms with Gasteiger partial charge in [0.15, 0.2) is 0 Å². The van der Waals surface area contributed by atoms with E-state index in [0.29, 0.717) is 19.5 Å². The van der Waals surface area contributed by atoms with Crippen molar-refractivity contribution in [2.75, 3.05) is 20.2 Å². The maximum atomic E-state index is 12.1. The Hall–Kier alpha value is -1.56. The Morgan fingerprint density at radius 3 is 2.90 bits per heavy atom. The second-order valence-electron chi connectivity index (χ2n) is 5.69. The van der Waals surface area contributed by atoms with Gasteiger partial charge in [-0.1, -0.05) is 11.6 Å². The van der Waals surface area contributed by atoms with Crippen molar-refractivity contribution in [2.24, 2.45) is 0 Å². The Labute approximate surface area is 125 Å². The van der Waals surface area contributed by atoms with Gasteiger partial charge >= 0.3 is 12.0 Å². The molecule has 0 aromatic carbocycles. The van der Waals surface area contributed by atoms with Crippen molar-refractivity contribution in [1.29, 1.82) is 0 Å². The van der Waals surface area contributed by atoms with Crippen LogP contribution in [-0.2, 0) is 9.53 Å². The number of nitrogens with zero attached hydrogens (tertiary/aromatic N) is 1. The van der Waals surface area contributed by atoms with E-state index in [9.17, 15) is 14.7 Å². The number of aliphatic carboxylic acids is 1. The van der Waals surface area contributed by atoms with Crippen LogP contribution in [-0.4, -0.2) is 54.4 Å². The van der Waals surface area contributed by atoms with E-state index in [4.69, 9.17) is 4.74 Å². The molecule has 0 aromatic heterocycles. The first-order valence-electron chi connectivity index (χ1n) is 7.59. The predicted molar refractivity (Wildman–Crippen MR) is 78.1 cm³/mol. The molecule has 2 aliphatic rings. The molecule has 21 heavy (non-hydrogen) atoms. The smallest absolute Gasteiger partial charge is 0.326 e. The molecule has 0 spiro atoms. The van der Waals surface area contributed by atoms with Gasteiger partial charge in [0.25, 0.3) is 0 Å². The van der Waals surface area contributed by atoms with Crippen LogP contribution in [0, 0.1) is 0 Å². The lowest BCUT2D eigenvalue weighted by Crippen LogP contribution is -2.46. The van der Waals surface area contributed by atoms with Gasteiger partial charge < -0.3 is 20.1 Å². The quantitative estimate of drug-likeness (QED) is 0.758. The summed E-state index contributed by atoms with van der Waals surface area (Å²) < 4.78 is 5.18. The molecule has 0 radical (unpaired) electrons. The third-order valence-electron chi connectivity index (χ3n) is 4.25. The van der Waals surface area contributed by atoms with Crippen molar-refractivity contribution < 1.29 is 19.4 Å². The highest BCUT2D eigenvalue weighted by atomic mass is 16.5. The first-order valence-corrected chi connectivity index (χ1v) is 7.59.